The lowest BCUT2D eigenvalue weighted by Crippen LogP contribution is -2.48. The summed E-state index contributed by atoms with van der Waals surface area (Å²) in [5.41, 5.74) is -0.179. The lowest BCUT2D eigenvalue weighted by atomic mass is 10.0. The van der Waals surface area contributed by atoms with Crippen molar-refractivity contribution in [2.45, 2.75) is 5.54 Å². The highest BCUT2D eigenvalue weighted by atomic mass is 35.5. The molecule has 1 aromatic rings. The summed E-state index contributed by atoms with van der Waals surface area (Å²) >= 11 is 5.65. The van der Waals surface area contributed by atoms with Crippen LogP contribution < -0.4 is 4.74 Å². The van der Waals surface area contributed by atoms with Crippen LogP contribution in [0.25, 0.3) is 0 Å². The summed E-state index contributed by atoms with van der Waals surface area (Å²) in [5, 5.41) is 7.92. The standard InChI is InChI=1S/C10H12ClN3O3/c11-8-1-2-9(13-12-8)17-5-10-3-15-6-14(10)7-16-4-10/h1-2H,3-7H2. The van der Waals surface area contributed by atoms with E-state index in [9.17, 15) is 0 Å². The number of hydrogen-bond acceptors (Lipinski definition) is 6. The van der Waals surface area contributed by atoms with Gasteiger partial charge < -0.3 is 14.2 Å². The lowest BCUT2D eigenvalue weighted by molar-refractivity contribution is 0.0693. The highest BCUT2D eigenvalue weighted by molar-refractivity contribution is 6.29. The Kier molecular flexibility index (Phi) is 2.87. The van der Waals surface area contributed by atoms with Crippen LogP contribution in [0.2, 0.25) is 5.15 Å². The number of nitrogens with zero attached hydrogens (tertiary/aromatic N) is 3. The van der Waals surface area contributed by atoms with Crippen LogP contribution in [0.15, 0.2) is 12.1 Å². The summed E-state index contributed by atoms with van der Waals surface area (Å²) in [6.45, 7) is 2.90. The first kappa shape index (κ1) is 11.2. The van der Waals surface area contributed by atoms with E-state index in [4.69, 9.17) is 25.8 Å². The minimum Gasteiger partial charge on any atom is -0.474 e. The molecule has 0 amide bonds. The maximum Gasteiger partial charge on any atom is 0.233 e. The Morgan fingerprint density at radius 2 is 2.06 bits per heavy atom. The third kappa shape index (κ3) is 2.09. The van der Waals surface area contributed by atoms with Crippen molar-refractivity contribution in [2.75, 3.05) is 33.3 Å². The number of hydrogen-bond donors (Lipinski definition) is 0. The first-order valence-electron chi connectivity index (χ1n) is 5.31. The zero-order valence-corrected chi connectivity index (χ0v) is 9.89. The van der Waals surface area contributed by atoms with E-state index >= 15 is 0 Å². The molecule has 0 N–H and O–H groups in total. The normalized spacial score (nSPS) is 22.6. The summed E-state index contributed by atoms with van der Waals surface area (Å²) in [4.78, 5) is 2.12. The first-order chi connectivity index (χ1) is 8.28. The second-order valence-electron chi connectivity index (χ2n) is 4.20. The largest absolute Gasteiger partial charge is 0.474 e. The molecule has 3 heterocycles. The fraction of sp³-hybridized carbons (Fsp3) is 0.600. The van der Waals surface area contributed by atoms with Crippen molar-refractivity contribution in [3.8, 4) is 5.88 Å². The maximum atomic E-state index is 5.65. The molecule has 0 atom stereocenters. The minimum absolute atomic E-state index is 0.179. The van der Waals surface area contributed by atoms with Crippen molar-refractivity contribution >= 4 is 11.6 Å². The van der Waals surface area contributed by atoms with Gasteiger partial charge >= 0.3 is 0 Å². The third-order valence-corrected chi connectivity index (χ3v) is 3.20. The van der Waals surface area contributed by atoms with E-state index in [0.717, 1.165) is 0 Å². The van der Waals surface area contributed by atoms with Gasteiger partial charge in [-0.3, -0.25) is 0 Å². The van der Waals surface area contributed by atoms with Gasteiger partial charge in [-0.2, -0.15) is 0 Å². The topological polar surface area (TPSA) is 56.7 Å². The molecule has 1 aromatic heterocycles. The van der Waals surface area contributed by atoms with E-state index in [-0.39, 0.29) is 5.54 Å². The number of halogens is 1. The van der Waals surface area contributed by atoms with Gasteiger partial charge in [-0.1, -0.05) is 11.6 Å². The molecule has 0 radical (unpaired) electrons. The molecule has 0 unspecified atom stereocenters. The Morgan fingerprint density at radius 3 is 2.71 bits per heavy atom. The molecule has 0 aliphatic carbocycles. The molecule has 7 heteroatoms. The van der Waals surface area contributed by atoms with Crippen molar-refractivity contribution in [3.63, 3.8) is 0 Å². The summed E-state index contributed by atoms with van der Waals surface area (Å²) in [6.07, 6.45) is 0. The Labute approximate surface area is 103 Å². The molecule has 2 fully saturated rings. The maximum absolute atomic E-state index is 5.65. The van der Waals surface area contributed by atoms with E-state index in [1.54, 1.807) is 12.1 Å². The molecule has 17 heavy (non-hydrogen) atoms. The zero-order chi connectivity index (χ0) is 11.7. The third-order valence-electron chi connectivity index (χ3n) is 3.00. The van der Waals surface area contributed by atoms with Crippen molar-refractivity contribution in [3.05, 3.63) is 17.3 Å². The van der Waals surface area contributed by atoms with Gasteiger partial charge in [0.05, 0.1) is 13.2 Å². The van der Waals surface area contributed by atoms with Crippen LogP contribution in [-0.2, 0) is 9.47 Å². The first-order valence-corrected chi connectivity index (χ1v) is 5.69. The smallest absolute Gasteiger partial charge is 0.233 e. The lowest BCUT2D eigenvalue weighted by Gasteiger charge is -2.26. The molecule has 2 aliphatic rings. The Hall–Kier alpha value is -0.950. The Balaban J connectivity index is 1.65. The second kappa shape index (κ2) is 4.38. The van der Waals surface area contributed by atoms with Gasteiger partial charge in [-0.05, 0) is 6.07 Å². The molecule has 0 saturated carbocycles. The van der Waals surface area contributed by atoms with E-state index < -0.39 is 0 Å². The molecule has 2 saturated heterocycles. The van der Waals surface area contributed by atoms with Crippen LogP contribution in [0.4, 0.5) is 0 Å². The van der Waals surface area contributed by atoms with Crippen LogP contribution >= 0.6 is 11.6 Å². The molecule has 0 bridgehead atoms. The van der Waals surface area contributed by atoms with Gasteiger partial charge in [-0.15, -0.1) is 10.2 Å². The summed E-state index contributed by atoms with van der Waals surface area (Å²) < 4.78 is 16.5. The number of rotatable bonds is 3. The van der Waals surface area contributed by atoms with Crippen LogP contribution in [0, 0.1) is 0 Å². The highest BCUT2D eigenvalue weighted by Gasteiger charge is 2.47. The SMILES string of the molecule is Clc1ccc(OCC23COCN2COC3)nn1. The van der Waals surface area contributed by atoms with E-state index in [1.807, 2.05) is 0 Å². The van der Waals surface area contributed by atoms with E-state index in [0.29, 0.717) is 44.3 Å². The van der Waals surface area contributed by atoms with E-state index in [2.05, 4.69) is 15.1 Å². The fourth-order valence-corrected chi connectivity index (χ4v) is 2.09. The van der Waals surface area contributed by atoms with Gasteiger partial charge in [0.25, 0.3) is 0 Å². The van der Waals surface area contributed by atoms with Crippen LogP contribution in [0.3, 0.4) is 0 Å². The summed E-state index contributed by atoms with van der Waals surface area (Å²) in [6, 6.07) is 3.34. The van der Waals surface area contributed by atoms with Crippen LogP contribution in [0.1, 0.15) is 0 Å². The average molecular weight is 258 g/mol. The molecular formula is C10H12ClN3O3. The zero-order valence-electron chi connectivity index (χ0n) is 9.13. The Bertz CT molecular complexity index is 390. The number of fused-ring (bicyclic) bond motifs is 1. The van der Waals surface area contributed by atoms with Gasteiger partial charge in [0.2, 0.25) is 5.88 Å². The van der Waals surface area contributed by atoms with Gasteiger partial charge in [0.15, 0.2) is 5.15 Å². The van der Waals surface area contributed by atoms with Gasteiger partial charge in [0.1, 0.15) is 25.6 Å². The molecule has 92 valence electrons. The second-order valence-corrected chi connectivity index (χ2v) is 4.59. The number of ether oxygens (including phenoxy) is 3. The van der Waals surface area contributed by atoms with Crippen LogP contribution in [-0.4, -0.2) is 53.9 Å². The highest BCUT2D eigenvalue weighted by Crippen LogP contribution is 2.28. The fourth-order valence-electron chi connectivity index (χ4n) is 1.99. The van der Waals surface area contributed by atoms with Crippen molar-refractivity contribution in [1.82, 2.24) is 15.1 Å². The van der Waals surface area contributed by atoms with Crippen molar-refractivity contribution < 1.29 is 14.2 Å². The molecular weight excluding hydrogens is 246 g/mol. The van der Waals surface area contributed by atoms with Crippen molar-refractivity contribution in [2.24, 2.45) is 0 Å². The average Bonchev–Trinajstić information content (AvgIpc) is 2.87. The van der Waals surface area contributed by atoms with Crippen molar-refractivity contribution in [1.29, 1.82) is 0 Å². The summed E-state index contributed by atoms with van der Waals surface area (Å²) in [5.74, 6) is 0.461. The number of aromatic nitrogens is 2. The quantitative estimate of drug-likeness (QED) is 0.787. The summed E-state index contributed by atoms with van der Waals surface area (Å²) in [7, 11) is 0. The Morgan fingerprint density at radius 1 is 1.29 bits per heavy atom. The molecule has 0 spiro atoms. The van der Waals surface area contributed by atoms with Crippen LogP contribution in [0.5, 0.6) is 5.88 Å². The predicted molar refractivity (Wildman–Crippen MR) is 58.7 cm³/mol. The molecule has 6 nitrogen and oxygen atoms in total. The van der Waals surface area contributed by atoms with Gasteiger partial charge in [-0.25, -0.2) is 4.90 Å². The van der Waals surface area contributed by atoms with Gasteiger partial charge in [0, 0.05) is 6.07 Å². The molecule has 3 rings (SSSR count). The molecule has 0 aromatic carbocycles. The van der Waals surface area contributed by atoms with E-state index in [1.165, 1.54) is 0 Å². The minimum atomic E-state index is -0.179. The monoisotopic (exact) mass is 257 g/mol. The molecule has 2 aliphatic heterocycles. The predicted octanol–water partition coefficient (Wildman–Crippen LogP) is 0.525.